The Kier molecular flexibility index (Phi) is 6.09. The van der Waals surface area contributed by atoms with Crippen LogP contribution in [0.25, 0.3) is 11.0 Å². The molecular weight excluding hydrogens is 424 g/mol. The zero-order valence-corrected chi connectivity index (χ0v) is 18.1. The molecule has 0 atom stereocenters. The molecule has 2 aromatic carbocycles. The number of carbonyl (C=O) groups excluding carboxylic acids is 1. The average Bonchev–Trinajstić information content (AvgIpc) is 3.12. The van der Waals surface area contributed by atoms with Crippen molar-refractivity contribution < 1.29 is 17.9 Å². The number of fused-ring (bicyclic) bond motifs is 1. The quantitative estimate of drug-likeness (QED) is 0.585. The van der Waals surface area contributed by atoms with Crippen molar-refractivity contribution in [1.29, 1.82) is 0 Å². The molecule has 1 N–H and O–H groups in total. The first kappa shape index (κ1) is 20.9. The highest BCUT2D eigenvalue weighted by molar-refractivity contribution is 7.98. The lowest BCUT2D eigenvalue weighted by molar-refractivity contribution is -0.116. The van der Waals surface area contributed by atoms with Gasteiger partial charge in [-0.25, -0.2) is 13.4 Å². The Morgan fingerprint density at radius 2 is 1.93 bits per heavy atom. The number of nitrogens with one attached hydrogen (secondary N) is 1. The van der Waals surface area contributed by atoms with Gasteiger partial charge in [0.05, 0.1) is 29.1 Å². The molecule has 1 aliphatic rings. The van der Waals surface area contributed by atoms with Crippen LogP contribution in [0.3, 0.4) is 0 Å². The van der Waals surface area contributed by atoms with E-state index in [0.29, 0.717) is 32.0 Å². The monoisotopic (exact) mass is 446 g/mol. The first-order valence-corrected chi connectivity index (χ1v) is 12.1. The van der Waals surface area contributed by atoms with Crippen LogP contribution in [-0.2, 0) is 26.1 Å². The molecule has 0 saturated carbocycles. The maximum Gasteiger partial charge on any atom is 0.244 e. The Morgan fingerprint density at radius 3 is 2.70 bits per heavy atom. The van der Waals surface area contributed by atoms with Gasteiger partial charge in [-0.2, -0.15) is 4.31 Å². The third-order valence-corrected chi connectivity index (χ3v) is 7.40. The standard InChI is InChI=1S/C20H22N4O4S2/c1-29-20-22-17-7-2-3-8-18(17)24(20)14-19(25)21-15-5-4-6-16(13-15)30(26,27)23-9-11-28-12-10-23/h2-8,13H,9-12,14H2,1H3,(H,21,25). The van der Waals surface area contributed by atoms with Crippen LogP contribution in [-0.4, -0.2) is 60.7 Å². The number of aromatic nitrogens is 2. The minimum absolute atomic E-state index is 0.0805. The van der Waals surface area contributed by atoms with E-state index in [1.165, 1.54) is 28.2 Å². The molecule has 2 heterocycles. The molecule has 1 amide bonds. The lowest BCUT2D eigenvalue weighted by atomic mass is 10.3. The fourth-order valence-electron chi connectivity index (χ4n) is 3.38. The SMILES string of the molecule is CSc1nc2ccccc2n1CC(=O)Nc1cccc(S(=O)(=O)N2CCOCC2)c1. The number of sulfonamides is 1. The summed E-state index contributed by atoms with van der Waals surface area (Å²) < 4.78 is 34.2. The van der Waals surface area contributed by atoms with Crippen LogP contribution in [0.4, 0.5) is 5.69 Å². The Hall–Kier alpha value is -2.40. The summed E-state index contributed by atoms with van der Waals surface area (Å²) in [5.41, 5.74) is 2.14. The van der Waals surface area contributed by atoms with Crippen molar-refractivity contribution in [2.45, 2.75) is 16.6 Å². The van der Waals surface area contributed by atoms with Crippen molar-refractivity contribution in [3.8, 4) is 0 Å². The summed E-state index contributed by atoms with van der Waals surface area (Å²) in [5.74, 6) is -0.255. The van der Waals surface area contributed by atoms with Gasteiger partial charge in [0.25, 0.3) is 0 Å². The second-order valence-electron chi connectivity index (χ2n) is 6.77. The summed E-state index contributed by atoms with van der Waals surface area (Å²) in [7, 11) is -3.63. The summed E-state index contributed by atoms with van der Waals surface area (Å²) in [6, 6.07) is 14.0. The normalized spacial score (nSPS) is 15.4. The van der Waals surface area contributed by atoms with Crippen LogP contribution < -0.4 is 5.32 Å². The number of morpholine rings is 1. The van der Waals surface area contributed by atoms with Gasteiger partial charge in [0.15, 0.2) is 5.16 Å². The maximum atomic E-state index is 12.9. The van der Waals surface area contributed by atoms with Gasteiger partial charge in [-0.15, -0.1) is 0 Å². The number of hydrogen-bond donors (Lipinski definition) is 1. The first-order chi connectivity index (χ1) is 14.5. The largest absolute Gasteiger partial charge is 0.379 e. The molecule has 0 bridgehead atoms. The van der Waals surface area contributed by atoms with Gasteiger partial charge in [0.2, 0.25) is 15.9 Å². The van der Waals surface area contributed by atoms with Gasteiger partial charge in [0, 0.05) is 18.8 Å². The number of nitrogens with zero attached hydrogens (tertiary/aromatic N) is 3. The van der Waals surface area contributed by atoms with Crippen LogP contribution in [0.15, 0.2) is 58.6 Å². The van der Waals surface area contributed by atoms with E-state index >= 15 is 0 Å². The highest BCUT2D eigenvalue weighted by atomic mass is 32.2. The average molecular weight is 447 g/mol. The fourth-order valence-corrected chi connectivity index (χ4v) is 5.40. The van der Waals surface area contributed by atoms with Crippen LogP contribution in [0, 0.1) is 0 Å². The number of ether oxygens (including phenoxy) is 1. The number of rotatable bonds is 6. The maximum absolute atomic E-state index is 12.9. The summed E-state index contributed by atoms with van der Waals surface area (Å²) in [6.45, 7) is 1.49. The minimum Gasteiger partial charge on any atom is -0.379 e. The number of carbonyl (C=O) groups is 1. The van der Waals surface area contributed by atoms with E-state index in [4.69, 9.17) is 4.74 Å². The van der Waals surface area contributed by atoms with Crippen molar-refractivity contribution >= 4 is 44.4 Å². The van der Waals surface area contributed by atoms with Gasteiger partial charge in [-0.1, -0.05) is 30.0 Å². The van der Waals surface area contributed by atoms with E-state index in [2.05, 4.69) is 10.3 Å². The van der Waals surface area contributed by atoms with Crippen LogP contribution >= 0.6 is 11.8 Å². The fraction of sp³-hybridized carbons (Fsp3) is 0.300. The molecular formula is C20H22N4O4S2. The number of thioether (sulfide) groups is 1. The molecule has 0 aliphatic carbocycles. The predicted molar refractivity (Wildman–Crippen MR) is 116 cm³/mol. The highest BCUT2D eigenvalue weighted by Crippen LogP contribution is 2.23. The van der Waals surface area contributed by atoms with Gasteiger partial charge < -0.3 is 14.6 Å². The molecule has 0 radical (unpaired) electrons. The van der Waals surface area contributed by atoms with E-state index in [1.807, 2.05) is 35.1 Å². The molecule has 30 heavy (non-hydrogen) atoms. The second-order valence-corrected chi connectivity index (χ2v) is 9.48. The molecule has 8 nitrogen and oxygen atoms in total. The molecule has 0 spiro atoms. The highest BCUT2D eigenvalue weighted by Gasteiger charge is 2.26. The van der Waals surface area contributed by atoms with Gasteiger partial charge in [-0.05, 0) is 36.6 Å². The Morgan fingerprint density at radius 1 is 1.17 bits per heavy atom. The summed E-state index contributed by atoms with van der Waals surface area (Å²) in [6.07, 6.45) is 1.91. The van der Waals surface area contributed by atoms with E-state index in [0.717, 1.165) is 16.2 Å². The zero-order valence-electron chi connectivity index (χ0n) is 16.4. The lowest BCUT2D eigenvalue weighted by Gasteiger charge is -2.26. The minimum atomic E-state index is -3.63. The third kappa shape index (κ3) is 4.22. The molecule has 1 aromatic heterocycles. The van der Waals surface area contributed by atoms with Crippen LogP contribution in [0.2, 0.25) is 0 Å². The number of hydrogen-bond acceptors (Lipinski definition) is 6. The molecule has 0 unspecified atom stereocenters. The second kappa shape index (κ2) is 8.76. The first-order valence-electron chi connectivity index (χ1n) is 9.46. The molecule has 4 rings (SSSR count). The van der Waals surface area contributed by atoms with Crippen LogP contribution in [0.5, 0.6) is 0 Å². The van der Waals surface area contributed by atoms with E-state index in [9.17, 15) is 13.2 Å². The number of para-hydroxylation sites is 2. The van der Waals surface area contributed by atoms with E-state index in [1.54, 1.807) is 12.1 Å². The molecule has 1 fully saturated rings. The molecule has 3 aromatic rings. The van der Waals surface area contributed by atoms with Crippen molar-refractivity contribution in [3.63, 3.8) is 0 Å². The topological polar surface area (TPSA) is 93.5 Å². The Bertz CT molecular complexity index is 1170. The molecule has 10 heteroatoms. The Balaban J connectivity index is 1.53. The third-order valence-electron chi connectivity index (χ3n) is 4.83. The van der Waals surface area contributed by atoms with Crippen LogP contribution in [0.1, 0.15) is 0 Å². The Labute approximate surface area is 179 Å². The summed E-state index contributed by atoms with van der Waals surface area (Å²) in [5, 5.41) is 3.55. The van der Waals surface area contributed by atoms with Gasteiger partial charge in [0.1, 0.15) is 6.54 Å². The molecule has 1 saturated heterocycles. The number of imidazole rings is 1. The van der Waals surface area contributed by atoms with Crippen molar-refractivity contribution in [3.05, 3.63) is 48.5 Å². The molecule has 1 aliphatic heterocycles. The van der Waals surface area contributed by atoms with Gasteiger partial charge in [-0.3, -0.25) is 4.79 Å². The number of benzene rings is 2. The zero-order chi connectivity index (χ0) is 21.1. The van der Waals surface area contributed by atoms with Crippen molar-refractivity contribution in [1.82, 2.24) is 13.9 Å². The summed E-state index contributed by atoms with van der Waals surface area (Å²) in [4.78, 5) is 17.4. The van der Waals surface area contributed by atoms with E-state index in [-0.39, 0.29) is 17.3 Å². The van der Waals surface area contributed by atoms with Crippen molar-refractivity contribution in [2.24, 2.45) is 0 Å². The number of anilines is 1. The predicted octanol–water partition coefficient (Wildman–Crippen LogP) is 2.42. The lowest BCUT2D eigenvalue weighted by Crippen LogP contribution is -2.40. The number of amides is 1. The van der Waals surface area contributed by atoms with Crippen molar-refractivity contribution in [2.75, 3.05) is 37.9 Å². The molecule has 158 valence electrons. The van der Waals surface area contributed by atoms with Gasteiger partial charge >= 0.3 is 0 Å². The smallest absolute Gasteiger partial charge is 0.244 e. The summed E-state index contributed by atoms with van der Waals surface area (Å²) >= 11 is 1.47. The van der Waals surface area contributed by atoms with E-state index < -0.39 is 10.0 Å².